The van der Waals surface area contributed by atoms with E-state index in [-0.39, 0.29) is 17.9 Å². The Morgan fingerprint density at radius 2 is 1.42 bits per heavy atom. The number of anilines is 1. The maximum atomic E-state index is 14.2. The summed E-state index contributed by atoms with van der Waals surface area (Å²) in [4.78, 5) is 29.1. The quantitative estimate of drug-likeness (QED) is 0.299. The van der Waals surface area contributed by atoms with E-state index in [2.05, 4.69) is 17.4 Å². The molecule has 3 aromatic rings. The maximum absolute atomic E-state index is 14.2. The van der Waals surface area contributed by atoms with Gasteiger partial charge in [-0.15, -0.1) is 0 Å². The molecule has 8 heteroatoms. The molecule has 0 heterocycles. The second-order valence-electron chi connectivity index (χ2n) is 13.8. The van der Waals surface area contributed by atoms with Gasteiger partial charge in [0.1, 0.15) is 12.6 Å². The lowest BCUT2D eigenvalue weighted by Crippen LogP contribution is -2.52. The number of nitrogens with zero attached hydrogens (tertiary/aromatic N) is 2. The van der Waals surface area contributed by atoms with E-state index in [1.807, 2.05) is 73.7 Å². The summed E-state index contributed by atoms with van der Waals surface area (Å²) in [5, 5.41) is 2.73. The number of hydrogen-bond acceptors (Lipinski definition) is 4. The summed E-state index contributed by atoms with van der Waals surface area (Å²) in [5.41, 5.74) is 4.82. The van der Waals surface area contributed by atoms with Crippen molar-refractivity contribution >= 4 is 27.5 Å². The van der Waals surface area contributed by atoms with Crippen LogP contribution in [0.5, 0.6) is 0 Å². The van der Waals surface area contributed by atoms with Crippen LogP contribution in [0.4, 0.5) is 5.69 Å². The standard InChI is InChI=1S/C37H45N3O4S/c1-26-9-11-28(12-10-26)24-39(34(36(42)38-2)20-27-7-5-4-6-8-27)35(41)25-40(45(3,43)44)33-15-13-32(14-16-33)37-21-29-17-30(22-37)19-31(18-29)23-37/h4-16,29-31,34H,17-25H2,1-3H3,(H,38,42)/t29?,30?,31?,34-,37?/m1/s1. The normalized spacial score (nSPS) is 24.2. The highest BCUT2D eigenvalue weighted by atomic mass is 32.2. The molecule has 0 unspecified atom stereocenters. The van der Waals surface area contributed by atoms with Crippen molar-refractivity contribution in [1.29, 1.82) is 0 Å². The van der Waals surface area contributed by atoms with Crippen LogP contribution in [0.15, 0.2) is 78.9 Å². The van der Waals surface area contributed by atoms with Crippen molar-refractivity contribution < 1.29 is 18.0 Å². The van der Waals surface area contributed by atoms with Crippen LogP contribution in [0.2, 0.25) is 0 Å². The second kappa shape index (κ2) is 12.6. The van der Waals surface area contributed by atoms with Crippen LogP contribution in [-0.2, 0) is 38.0 Å². The summed E-state index contributed by atoms with van der Waals surface area (Å²) in [6.07, 6.45) is 9.20. The van der Waals surface area contributed by atoms with E-state index in [0.717, 1.165) is 40.7 Å². The Kier molecular flexibility index (Phi) is 8.79. The van der Waals surface area contributed by atoms with Crippen LogP contribution in [0.25, 0.3) is 0 Å². The number of nitrogens with one attached hydrogen (secondary N) is 1. The third-order valence-corrected chi connectivity index (χ3v) is 11.6. The number of likely N-dealkylation sites (N-methyl/N-ethyl adjacent to an activating group) is 1. The molecule has 0 aromatic heterocycles. The highest BCUT2D eigenvalue weighted by molar-refractivity contribution is 7.92. The van der Waals surface area contributed by atoms with E-state index in [1.165, 1.54) is 53.3 Å². The number of benzene rings is 3. The van der Waals surface area contributed by atoms with Gasteiger partial charge in [0.05, 0.1) is 11.9 Å². The van der Waals surface area contributed by atoms with Gasteiger partial charge in [-0.25, -0.2) is 8.42 Å². The van der Waals surface area contributed by atoms with Gasteiger partial charge in [0.2, 0.25) is 21.8 Å². The molecule has 238 valence electrons. The molecule has 0 aliphatic heterocycles. The largest absolute Gasteiger partial charge is 0.357 e. The van der Waals surface area contributed by atoms with E-state index in [0.29, 0.717) is 12.1 Å². The van der Waals surface area contributed by atoms with Crippen molar-refractivity contribution in [3.8, 4) is 0 Å². The first-order chi connectivity index (χ1) is 21.5. The van der Waals surface area contributed by atoms with Crippen LogP contribution in [0.1, 0.15) is 60.8 Å². The molecule has 4 saturated carbocycles. The van der Waals surface area contributed by atoms with Gasteiger partial charge in [0.15, 0.2) is 0 Å². The molecular formula is C37H45N3O4S. The van der Waals surface area contributed by atoms with Crippen LogP contribution >= 0.6 is 0 Å². The fourth-order valence-electron chi connectivity index (χ4n) is 8.67. The number of carbonyl (C=O) groups excluding carboxylic acids is 2. The van der Waals surface area contributed by atoms with Gasteiger partial charge in [-0.1, -0.05) is 72.3 Å². The van der Waals surface area contributed by atoms with Crippen LogP contribution in [0.3, 0.4) is 0 Å². The highest BCUT2D eigenvalue weighted by Gasteiger charge is 2.51. The molecule has 4 bridgehead atoms. The van der Waals surface area contributed by atoms with Crippen molar-refractivity contribution in [2.75, 3.05) is 24.2 Å². The van der Waals surface area contributed by atoms with E-state index >= 15 is 0 Å². The maximum Gasteiger partial charge on any atom is 0.244 e. The van der Waals surface area contributed by atoms with Gasteiger partial charge in [0, 0.05) is 20.0 Å². The summed E-state index contributed by atoms with van der Waals surface area (Å²) in [6, 6.07) is 24.5. The Bertz CT molecular complexity index is 1590. The lowest BCUT2D eigenvalue weighted by molar-refractivity contribution is -0.139. The summed E-state index contributed by atoms with van der Waals surface area (Å²) in [5.74, 6) is 1.69. The molecule has 3 aromatic carbocycles. The molecule has 1 N–H and O–H groups in total. The molecule has 0 saturated heterocycles. The molecule has 0 spiro atoms. The third-order valence-electron chi connectivity index (χ3n) is 10.5. The van der Waals surface area contributed by atoms with Gasteiger partial charge in [-0.05, 0) is 97.4 Å². The molecule has 2 amide bonds. The minimum absolute atomic E-state index is 0.173. The van der Waals surface area contributed by atoms with Crippen molar-refractivity contribution in [3.05, 3.63) is 101 Å². The Balaban J connectivity index is 1.29. The van der Waals surface area contributed by atoms with Gasteiger partial charge in [0.25, 0.3) is 0 Å². The fraction of sp³-hybridized carbons (Fsp3) is 0.459. The lowest BCUT2D eigenvalue weighted by atomic mass is 9.48. The van der Waals surface area contributed by atoms with Crippen molar-refractivity contribution in [2.45, 2.75) is 69.9 Å². The fourth-order valence-corrected chi connectivity index (χ4v) is 9.52. The molecule has 4 aliphatic rings. The second-order valence-corrected chi connectivity index (χ2v) is 15.7. The molecule has 7 nitrogen and oxygen atoms in total. The first-order valence-electron chi connectivity index (χ1n) is 16.2. The molecule has 4 fully saturated rings. The average Bonchev–Trinajstić information content (AvgIpc) is 3.01. The summed E-state index contributed by atoms with van der Waals surface area (Å²) >= 11 is 0. The zero-order valence-corrected chi connectivity index (χ0v) is 27.4. The summed E-state index contributed by atoms with van der Waals surface area (Å²) in [7, 11) is -2.25. The van der Waals surface area contributed by atoms with Crippen molar-refractivity contribution in [1.82, 2.24) is 10.2 Å². The lowest BCUT2D eigenvalue weighted by Gasteiger charge is -2.57. The van der Waals surface area contributed by atoms with E-state index in [4.69, 9.17) is 0 Å². The highest BCUT2D eigenvalue weighted by Crippen LogP contribution is 2.60. The molecule has 7 rings (SSSR count). The topological polar surface area (TPSA) is 86.8 Å². The Labute approximate surface area is 268 Å². The van der Waals surface area contributed by atoms with Gasteiger partial charge >= 0.3 is 0 Å². The molecule has 4 aliphatic carbocycles. The smallest absolute Gasteiger partial charge is 0.244 e. The van der Waals surface area contributed by atoms with Crippen LogP contribution < -0.4 is 9.62 Å². The number of carbonyl (C=O) groups is 2. The Hall–Kier alpha value is -3.65. The first kappa shape index (κ1) is 31.3. The van der Waals surface area contributed by atoms with E-state index < -0.39 is 28.5 Å². The minimum Gasteiger partial charge on any atom is -0.357 e. The summed E-state index contributed by atoms with van der Waals surface area (Å²) in [6.45, 7) is 1.77. The number of rotatable bonds is 11. The van der Waals surface area contributed by atoms with E-state index in [9.17, 15) is 18.0 Å². The molecule has 0 radical (unpaired) electrons. The monoisotopic (exact) mass is 627 g/mol. The van der Waals surface area contributed by atoms with Gasteiger partial charge < -0.3 is 10.2 Å². The zero-order valence-electron chi connectivity index (χ0n) is 26.6. The Morgan fingerprint density at radius 1 is 0.844 bits per heavy atom. The number of amides is 2. The average molecular weight is 628 g/mol. The predicted octanol–water partition coefficient (Wildman–Crippen LogP) is 5.61. The predicted molar refractivity (Wildman–Crippen MR) is 178 cm³/mol. The number of aryl methyl sites for hydroxylation is 1. The van der Waals surface area contributed by atoms with Crippen molar-refractivity contribution in [2.24, 2.45) is 17.8 Å². The summed E-state index contributed by atoms with van der Waals surface area (Å²) < 4.78 is 27.6. The minimum atomic E-state index is -3.81. The van der Waals surface area contributed by atoms with Crippen LogP contribution in [0, 0.1) is 24.7 Å². The van der Waals surface area contributed by atoms with Crippen LogP contribution in [-0.4, -0.2) is 51.0 Å². The van der Waals surface area contributed by atoms with Gasteiger partial charge in [-0.2, -0.15) is 0 Å². The van der Waals surface area contributed by atoms with Gasteiger partial charge in [-0.3, -0.25) is 13.9 Å². The third kappa shape index (κ3) is 6.81. The first-order valence-corrected chi connectivity index (χ1v) is 18.1. The Morgan fingerprint density at radius 3 is 1.96 bits per heavy atom. The van der Waals surface area contributed by atoms with Crippen molar-refractivity contribution in [3.63, 3.8) is 0 Å². The number of hydrogen-bond donors (Lipinski definition) is 1. The zero-order chi connectivity index (χ0) is 31.8. The molecule has 1 atom stereocenters. The SMILES string of the molecule is CNC(=O)[C@@H](Cc1ccccc1)N(Cc1ccc(C)cc1)C(=O)CN(c1ccc(C23CC4CC(CC(C4)C2)C3)cc1)S(C)(=O)=O. The number of sulfonamides is 1. The molecular weight excluding hydrogens is 582 g/mol. The molecule has 45 heavy (non-hydrogen) atoms. The van der Waals surface area contributed by atoms with E-state index in [1.54, 1.807) is 7.05 Å².